The van der Waals surface area contributed by atoms with Crippen LogP contribution in [0.5, 0.6) is 5.75 Å². The van der Waals surface area contributed by atoms with Crippen LogP contribution in [0.2, 0.25) is 0 Å². The largest absolute Gasteiger partial charge is 0.481 e. The first-order valence-corrected chi connectivity index (χ1v) is 9.60. The molecule has 0 spiro atoms. The smallest absolute Gasteiger partial charge is 0.263 e. The van der Waals surface area contributed by atoms with E-state index in [1.54, 1.807) is 11.8 Å². The number of rotatable bonds is 7. The molecule has 1 saturated heterocycles. The summed E-state index contributed by atoms with van der Waals surface area (Å²) in [7, 11) is 1.99. The lowest BCUT2D eigenvalue weighted by atomic mass is 9.93. The molecule has 23 heavy (non-hydrogen) atoms. The molecule has 128 valence electrons. The van der Waals surface area contributed by atoms with Crippen LogP contribution in [0, 0.1) is 5.92 Å². The average molecular weight is 337 g/mol. The zero-order chi connectivity index (χ0) is 16.7. The van der Waals surface area contributed by atoms with E-state index < -0.39 is 6.10 Å². The van der Waals surface area contributed by atoms with Crippen molar-refractivity contribution >= 4 is 17.7 Å². The molecule has 1 fully saturated rings. The lowest BCUT2D eigenvalue weighted by Gasteiger charge is -2.33. The minimum Gasteiger partial charge on any atom is -0.481 e. The molecule has 1 N–H and O–H groups in total. The van der Waals surface area contributed by atoms with E-state index in [9.17, 15) is 4.79 Å². The van der Waals surface area contributed by atoms with Crippen LogP contribution in [0.1, 0.15) is 26.2 Å². The van der Waals surface area contributed by atoms with Crippen LogP contribution in [0.15, 0.2) is 29.2 Å². The fraction of sp³-hybridized carbons (Fsp3) is 0.611. The Bertz CT molecular complexity index is 484. The first-order valence-electron chi connectivity index (χ1n) is 8.38. The molecule has 4 nitrogen and oxygen atoms in total. The molecule has 1 aromatic carbocycles. The monoisotopic (exact) mass is 336 g/mol. The van der Waals surface area contributed by atoms with E-state index in [4.69, 9.17) is 4.74 Å². The van der Waals surface area contributed by atoms with Gasteiger partial charge < -0.3 is 15.0 Å². The van der Waals surface area contributed by atoms with Crippen molar-refractivity contribution < 1.29 is 9.53 Å². The zero-order valence-electron chi connectivity index (χ0n) is 14.4. The van der Waals surface area contributed by atoms with Gasteiger partial charge in [-0.3, -0.25) is 4.79 Å². The molecule has 1 heterocycles. The van der Waals surface area contributed by atoms with Gasteiger partial charge in [-0.1, -0.05) is 0 Å². The van der Waals surface area contributed by atoms with E-state index in [1.165, 1.54) is 11.3 Å². The second kappa shape index (κ2) is 9.18. The van der Waals surface area contributed by atoms with Gasteiger partial charge >= 0.3 is 0 Å². The van der Waals surface area contributed by atoms with Crippen LogP contribution in [0.25, 0.3) is 0 Å². The number of likely N-dealkylation sites (tertiary alicyclic amines) is 1. The van der Waals surface area contributed by atoms with E-state index in [0.29, 0.717) is 0 Å². The van der Waals surface area contributed by atoms with Crippen molar-refractivity contribution in [2.24, 2.45) is 5.92 Å². The summed E-state index contributed by atoms with van der Waals surface area (Å²) < 4.78 is 5.81. The number of carbonyl (C=O) groups is 1. The summed E-state index contributed by atoms with van der Waals surface area (Å²) in [4.78, 5) is 15.7. The number of hydrogen-bond acceptors (Lipinski definition) is 4. The summed E-state index contributed by atoms with van der Waals surface area (Å²) in [6.07, 6.45) is 5.02. The molecule has 5 heteroatoms. The lowest BCUT2D eigenvalue weighted by Crippen LogP contribution is -2.45. The minimum absolute atomic E-state index is 0.103. The number of piperidine rings is 1. The second-order valence-electron chi connectivity index (χ2n) is 6.10. The quantitative estimate of drug-likeness (QED) is 0.777. The fourth-order valence-corrected chi connectivity index (χ4v) is 3.36. The molecule has 0 aliphatic carbocycles. The van der Waals surface area contributed by atoms with Crippen LogP contribution >= 0.6 is 11.8 Å². The Labute approximate surface area is 144 Å². The van der Waals surface area contributed by atoms with Gasteiger partial charge in [-0.25, -0.2) is 0 Å². The van der Waals surface area contributed by atoms with Gasteiger partial charge in [-0.05, 0) is 76.2 Å². The Morgan fingerprint density at radius 3 is 2.57 bits per heavy atom. The van der Waals surface area contributed by atoms with Crippen molar-refractivity contribution in [3.63, 3.8) is 0 Å². The van der Waals surface area contributed by atoms with E-state index in [2.05, 4.69) is 5.32 Å². The number of amides is 1. The lowest BCUT2D eigenvalue weighted by molar-refractivity contribution is -0.139. The van der Waals surface area contributed by atoms with Crippen LogP contribution in [0.3, 0.4) is 0 Å². The molecule has 0 bridgehead atoms. The average Bonchev–Trinajstić information content (AvgIpc) is 2.60. The first kappa shape index (κ1) is 18.1. The molecule has 1 aromatic rings. The summed E-state index contributed by atoms with van der Waals surface area (Å²) >= 11 is 1.70. The molecule has 2 rings (SSSR count). The van der Waals surface area contributed by atoms with Gasteiger partial charge in [0, 0.05) is 18.0 Å². The molecule has 1 amide bonds. The molecule has 0 aromatic heterocycles. The normalized spacial score (nSPS) is 17.1. The van der Waals surface area contributed by atoms with E-state index in [0.717, 1.165) is 44.1 Å². The van der Waals surface area contributed by atoms with Crippen molar-refractivity contribution in [1.82, 2.24) is 10.2 Å². The van der Waals surface area contributed by atoms with Gasteiger partial charge in [0.15, 0.2) is 6.10 Å². The third-order valence-electron chi connectivity index (χ3n) is 4.45. The zero-order valence-corrected chi connectivity index (χ0v) is 15.2. The molecule has 1 aliphatic heterocycles. The van der Waals surface area contributed by atoms with E-state index in [-0.39, 0.29) is 5.91 Å². The highest BCUT2D eigenvalue weighted by atomic mass is 32.2. The van der Waals surface area contributed by atoms with Gasteiger partial charge in [0.25, 0.3) is 5.91 Å². The molecular weight excluding hydrogens is 308 g/mol. The fourth-order valence-electron chi connectivity index (χ4n) is 2.96. The van der Waals surface area contributed by atoms with Gasteiger partial charge in [-0.15, -0.1) is 11.8 Å². The standard InChI is InChI=1S/C18H28N2O2S/c1-14(22-16-4-6-17(23-3)7-5-16)18(21)20-12-9-15(10-13-20)8-11-19-2/h4-7,14-15,19H,8-13H2,1-3H3. The van der Waals surface area contributed by atoms with Gasteiger partial charge in [0.1, 0.15) is 5.75 Å². The number of hydrogen-bond donors (Lipinski definition) is 1. The number of thioether (sulfide) groups is 1. The topological polar surface area (TPSA) is 41.6 Å². The van der Waals surface area contributed by atoms with Crippen molar-refractivity contribution in [3.8, 4) is 5.75 Å². The summed E-state index contributed by atoms with van der Waals surface area (Å²) in [5.41, 5.74) is 0. The Hall–Kier alpha value is -1.20. The minimum atomic E-state index is -0.427. The van der Waals surface area contributed by atoms with Gasteiger partial charge in [-0.2, -0.15) is 0 Å². The molecule has 1 aliphatic rings. The van der Waals surface area contributed by atoms with Crippen LogP contribution in [0.4, 0.5) is 0 Å². The number of carbonyl (C=O) groups excluding carboxylic acids is 1. The van der Waals surface area contributed by atoms with Gasteiger partial charge in [0.2, 0.25) is 0 Å². The third kappa shape index (κ3) is 5.43. The highest BCUT2D eigenvalue weighted by molar-refractivity contribution is 7.98. The van der Waals surface area contributed by atoms with Crippen molar-refractivity contribution in [1.29, 1.82) is 0 Å². The predicted molar refractivity (Wildman–Crippen MR) is 96.2 cm³/mol. The number of nitrogens with one attached hydrogen (secondary N) is 1. The summed E-state index contributed by atoms with van der Waals surface area (Å²) in [6.45, 7) is 4.61. The number of nitrogens with zero attached hydrogens (tertiary/aromatic N) is 1. The van der Waals surface area contributed by atoms with E-state index in [1.807, 2.05) is 49.4 Å². The molecule has 1 unspecified atom stereocenters. The Morgan fingerprint density at radius 1 is 1.35 bits per heavy atom. The van der Waals surface area contributed by atoms with Gasteiger partial charge in [0.05, 0.1) is 0 Å². The third-order valence-corrected chi connectivity index (χ3v) is 5.19. The Balaban J connectivity index is 1.80. The Morgan fingerprint density at radius 2 is 2.00 bits per heavy atom. The highest BCUT2D eigenvalue weighted by Gasteiger charge is 2.26. The summed E-state index contributed by atoms with van der Waals surface area (Å²) in [6, 6.07) is 7.90. The number of benzene rings is 1. The first-order chi connectivity index (χ1) is 11.1. The molecule has 0 radical (unpaired) electrons. The van der Waals surface area contributed by atoms with Crippen LogP contribution < -0.4 is 10.1 Å². The molecule has 1 atom stereocenters. The van der Waals surface area contributed by atoms with E-state index >= 15 is 0 Å². The highest BCUT2D eigenvalue weighted by Crippen LogP contribution is 2.23. The van der Waals surface area contributed by atoms with Crippen LogP contribution in [-0.2, 0) is 4.79 Å². The molecule has 0 saturated carbocycles. The SMILES string of the molecule is CNCCC1CCN(C(=O)C(C)Oc2ccc(SC)cc2)CC1. The maximum atomic E-state index is 12.5. The summed E-state index contributed by atoms with van der Waals surface area (Å²) in [5.74, 6) is 1.60. The van der Waals surface area contributed by atoms with Crippen molar-refractivity contribution in [2.75, 3.05) is 32.9 Å². The maximum absolute atomic E-state index is 12.5. The number of ether oxygens (including phenoxy) is 1. The van der Waals surface area contributed by atoms with Crippen molar-refractivity contribution in [2.45, 2.75) is 37.2 Å². The predicted octanol–water partition coefficient (Wildman–Crippen LogP) is 3.02. The van der Waals surface area contributed by atoms with Crippen molar-refractivity contribution in [3.05, 3.63) is 24.3 Å². The second-order valence-corrected chi connectivity index (χ2v) is 6.98. The van der Waals surface area contributed by atoms with Crippen LogP contribution in [-0.4, -0.2) is 49.8 Å². The maximum Gasteiger partial charge on any atom is 0.263 e. The molecular formula is C18H28N2O2S. The summed E-state index contributed by atoms with van der Waals surface area (Å²) in [5, 5.41) is 3.20. The Kier molecular flexibility index (Phi) is 7.24.